The molecule has 0 aromatic heterocycles. The lowest BCUT2D eigenvalue weighted by atomic mass is 10.4. The summed E-state index contributed by atoms with van der Waals surface area (Å²) in [6, 6.07) is -0.371. The lowest BCUT2D eigenvalue weighted by Crippen LogP contribution is -2.45. The SMILES string of the molecule is C=CCN(CC(=O)O)C(=O)NCCN(CC)CC. The zero-order valence-electron chi connectivity index (χ0n) is 11.2. The number of carbonyl (C=O) groups excluding carboxylic acids is 1. The summed E-state index contributed by atoms with van der Waals surface area (Å²) in [5.74, 6) is -1.03. The smallest absolute Gasteiger partial charge is 0.323 e. The molecule has 2 N–H and O–H groups in total. The van der Waals surface area contributed by atoms with Crippen LogP contribution in [0.25, 0.3) is 0 Å². The van der Waals surface area contributed by atoms with Crippen molar-refractivity contribution in [3.8, 4) is 0 Å². The Morgan fingerprint density at radius 1 is 1.33 bits per heavy atom. The third kappa shape index (κ3) is 6.90. The molecule has 0 saturated heterocycles. The summed E-state index contributed by atoms with van der Waals surface area (Å²) in [6.07, 6.45) is 1.51. The molecule has 0 spiro atoms. The number of hydrogen-bond acceptors (Lipinski definition) is 3. The van der Waals surface area contributed by atoms with Gasteiger partial charge >= 0.3 is 12.0 Å². The highest BCUT2D eigenvalue weighted by Gasteiger charge is 2.14. The number of nitrogens with zero attached hydrogens (tertiary/aromatic N) is 2. The fourth-order valence-electron chi connectivity index (χ4n) is 1.51. The first-order valence-corrected chi connectivity index (χ1v) is 6.12. The molecule has 0 rings (SSSR count). The minimum Gasteiger partial charge on any atom is -0.480 e. The van der Waals surface area contributed by atoms with E-state index in [1.807, 2.05) is 0 Å². The van der Waals surface area contributed by atoms with Crippen molar-refractivity contribution in [2.24, 2.45) is 0 Å². The molecule has 0 aliphatic carbocycles. The number of carboxylic acid groups (broad SMARTS) is 1. The van der Waals surface area contributed by atoms with E-state index in [2.05, 4.69) is 30.6 Å². The maximum atomic E-state index is 11.7. The van der Waals surface area contributed by atoms with Crippen molar-refractivity contribution in [3.63, 3.8) is 0 Å². The first-order valence-electron chi connectivity index (χ1n) is 6.12. The summed E-state index contributed by atoms with van der Waals surface area (Å²) in [5, 5.41) is 11.4. The molecule has 2 amide bonds. The Balaban J connectivity index is 4.09. The standard InChI is InChI=1S/C12H23N3O3/c1-4-8-15(10-11(16)17)12(18)13-7-9-14(5-2)6-3/h4H,1,5-10H2,2-3H3,(H,13,18)(H,16,17). The molecule has 0 aliphatic heterocycles. The maximum absolute atomic E-state index is 11.7. The first-order chi connectivity index (χ1) is 8.54. The Labute approximate surface area is 108 Å². The van der Waals surface area contributed by atoms with E-state index in [1.54, 1.807) is 0 Å². The van der Waals surface area contributed by atoms with Crippen molar-refractivity contribution in [2.75, 3.05) is 39.3 Å². The van der Waals surface area contributed by atoms with Crippen LogP contribution < -0.4 is 5.32 Å². The number of aliphatic carboxylic acids is 1. The van der Waals surface area contributed by atoms with Gasteiger partial charge in [-0.25, -0.2) is 4.79 Å². The largest absolute Gasteiger partial charge is 0.480 e. The molecule has 0 unspecified atom stereocenters. The maximum Gasteiger partial charge on any atom is 0.323 e. The van der Waals surface area contributed by atoms with Crippen LogP contribution in [0.3, 0.4) is 0 Å². The minimum absolute atomic E-state index is 0.226. The van der Waals surface area contributed by atoms with Crippen molar-refractivity contribution < 1.29 is 14.7 Å². The van der Waals surface area contributed by atoms with Gasteiger partial charge < -0.3 is 20.2 Å². The number of urea groups is 1. The number of rotatable bonds is 9. The van der Waals surface area contributed by atoms with Crippen LogP contribution in [0.4, 0.5) is 4.79 Å². The van der Waals surface area contributed by atoms with Gasteiger partial charge in [-0.15, -0.1) is 6.58 Å². The highest BCUT2D eigenvalue weighted by Crippen LogP contribution is 1.91. The van der Waals surface area contributed by atoms with Crippen molar-refractivity contribution in [1.29, 1.82) is 0 Å². The topological polar surface area (TPSA) is 72.9 Å². The second-order valence-electron chi connectivity index (χ2n) is 3.82. The first kappa shape index (κ1) is 16.4. The third-order valence-corrected chi connectivity index (χ3v) is 2.56. The Kier molecular flexibility index (Phi) is 8.65. The molecule has 0 fully saturated rings. The van der Waals surface area contributed by atoms with Crippen LogP contribution in [0.1, 0.15) is 13.8 Å². The Hall–Kier alpha value is -1.56. The van der Waals surface area contributed by atoms with Gasteiger partial charge in [0.1, 0.15) is 6.54 Å². The van der Waals surface area contributed by atoms with Gasteiger partial charge in [-0.3, -0.25) is 4.79 Å². The second kappa shape index (κ2) is 9.47. The predicted molar refractivity (Wildman–Crippen MR) is 70.6 cm³/mol. The summed E-state index contributed by atoms with van der Waals surface area (Å²) in [4.78, 5) is 25.7. The van der Waals surface area contributed by atoms with E-state index in [1.165, 1.54) is 11.0 Å². The van der Waals surface area contributed by atoms with Gasteiger partial charge in [0.2, 0.25) is 0 Å². The quantitative estimate of drug-likeness (QED) is 0.594. The highest BCUT2D eigenvalue weighted by atomic mass is 16.4. The lowest BCUT2D eigenvalue weighted by molar-refractivity contribution is -0.137. The van der Waals surface area contributed by atoms with Gasteiger partial charge in [-0.05, 0) is 13.1 Å². The summed E-state index contributed by atoms with van der Waals surface area (Å²) in [7, 11) is 0. The van der Waals surface area contributed by atoms with Crippen LogP contribution in [0.5, 0.6) is 0 Å². The molecule has 6 heteroatoms. The zero-order valence-corrected chi connectivity index (χ0v) is 11.2. The highest BCUT2D eigenvalue weighted by molar-refractivity contribution is 5.80. The monoisotopic (exact) mass is 257 g/mol. The second-order valence-corrected chi connectivity index (χ2v) is 3.82. The molecule has 6 nitrogen and oxygen atoms in total. The van der Waals surface area contributed by atoms with Crippen molar-refractivity contribution >= 4 is 12.0 Å². The van der Waals surface area contributed by atoms with E-state index >= 15 is 0 Å². The van der Waals surface area contributed by atoms with E-state index in [4.69, 9.17) is 5.11 Å². The summed E-state index contributed by atoms with van der Waals surface area (Å²) >= 11 is 0. The van der Waals surface area contributed by atoms with Crippen molar-refractivity contribution in [3.05, 3.63) is 12.7 Å². The number of nitrogens with one attached hydrogen (secondary N) is 1. The fraction of sp³-hybridized carbons (Fsp3) is 0.667. The van der Waals surface area contributed by atoms with E-state index in [9.17, 15) is 9.59 Å². The molecular weight excluding hydrogens is 234 g/mol. The van der Waals surface area contributed by atoms with Gasteiger partial charge in [0.15, 0.2) is 0 Å². The number of carbonyl (C=O) groups is 2. The molecule has 0 heterocycles. The Morgan fingerprint density at radius 2 is 1.94 bits per heavy atom. The number of likely N-dealkylation sites (N-methyl/N-ethyl adjacent to an activating group) is 1. The fourth-order valence-corrected chi connectivity index (χ4v) is 1.51. The van der Waals surface area contributed by atoms with Crippen molar-refractivity contribution in [2.45, 2.75) is 13.8 Å². The van der Waals surface area contributed by atoms with E-state index in [0.29, 0.717) is 6.54 Å². The van der Waals surface area contributed by atoms with Gasteiger partial charge in [-0.1, -0.05) is 19.9 Å². The number of carboxylic acids is 1. The Bertz CT molecular complexity index is 278. The molecular formula is C12H23N3O3. The van der Waals surface area contributed by atoms with E-state index in [0.717, 1.165) is 19.6 Å². The van der Waals surface area contributed by atoms with E-state index in [-0.39, 0.29) is 19.1 Å². The molecule has 0 bridgehead atoms. The summed E-state index contributed by atoms with van der Waals surface area (Å²) < 4.78 is 0. The number of amides is 2. The molecule has 0 aromatic rings. The Morgan fingerprint density at radius 3 is 2.39 bits per heavy atom. The zero-order chi connectivity index (χ0) is 14.0. The van der Waals surface area contributed by atoms with Gasteiger partial charge in [-0.2, -0.15) is 0 Å². The average molecular weight is 257 g/mol. The third-order valence-electron chi connectivity index (χ3n) is 2.56. The van der Waals surface area contributed by atoms with Crippen molar-refractivity contribution in [1.82, 2.24) is 15.1 Å². The van der Waals surface area contributed by atoms with Crippen LogP contribution in [0.2, 0.25) is 0 Å². The van der Waals surface area contributed by atoms with Crippen LogP contribution >= 0.6 is 0 Å². The van der Waals surface area contributed by atoms with Gasteiger partial charge in [0, 0.05) is 19.6 Å². The molecule has 104 valence electrons. The minimum atomic E-state index is -1.03. The molecule has 0 atom stereocenters. The molecule has 18 heavy (non-hydrogen) atoms. The number of hydrogen-bond donors (Lipinski definition) is 2. The molecule has 0 aromatic carbocycles. The molecule has 0 saturated carbocycles. The van der Waals surface area contributed by atoms with Crippen LogP contribution in [-0.2, 0) is 4.79 Å². The summed E-state index contributed by atoms with van der Waals surface area (Å²) in [5.41, 5.74) is 0. The molecule has 0 radical (unpaired) electrons. The molecule has 0 aliphatic rings. The van der Waals surface area contributed by atoms with Crippen LogP contribution in [0.15, 0.2) is 12.7 Å². The average Bonchev–Trinajstić information content (AvgIpc) is 2.33. The summed E-state index contributed by atoms with van der Waals surface area (Å²) in [6.45, 7) is 10.6. The predicted octanol–water partition coefficient (Wildman–Crippen LogP) is 0.610. The van der Waals surface area contributed by atoms with Gasteiger partial charge in [0.05, 0.1) is 0 Å². The van der Waals surface area contributed by atoms with E-state index < -0.39 is 5.97 Å². The lowest BCUT2D eigenvalue weighted by Gasteiger charge is -2.22. The normalized spacial score (nSPS) is 10.2. The van der Waals surface area contributed by atoms with Gasteiger partial charge in [0.25, 0.3) is 0 Å². The van der Waals surface area contributed by atoms with Crippen LogP contribution in [0, 0.1) is 0 Å². The van der Waals surface area contributed by atoms with Crippen LogP contribution in [-0.4, -0.2) is 66.2 Å².